The fourth-order valence-corrected chi connectivity index (χ4v) is 1.78. The van der Waals surface area contributed by atoms with Crippen LogP contribution in [0, 0.1) is 6.92 Å². The molecule has 106 valence electrons. The topological polar surface area (TPSA) is 70.2 Å². The van der Waals surface area contributed by atoms with Gasteiger partial charge >= 0.3 is 0 Å². The molecule has 0 aromatic carbocycles. The second-order valence-corrected chi connectivity index (χ2v) is 4.35. The molecule has 0 spiro atoms. The average molecular weight is 265 g/mol. The lowest BCUT2D eigenvalue weighted by atomic mass is 10.2. The SMILES string of the molecule is CCN(CC)C(=O)C(C)Nc1nc(NC)ncc1C. The number of nitrogens with zero attached hydrogens (tertiary/aromatic N) is 3. The molecule has 0 saturated carbocycles. The summed E-state index contributed by atoms with van der Waals surface area (Å²) in [6.07, 6.45) is 1.73. The number of hydrogen-bond acceptors (Lipinski definition) is 5. The first kappa shape index (κ1) is 15.2. The van der Waals surface area contributed by atoms with Crippen molar-refractivity contribution in [2.24, 2.45) is 0 Å². The van der Waals surface area contributed by atoms with Gasteiger partial charge in [-0.05, 0) is 27.7 Å². The van der Waals surface area contributed by atoms with Crippen LogP contribution in [-0.2, 0) is 4.79 Å². The minimum Gasteiger partial charge on any atom is -0.358 e. The van der Waals surface area contributed by atoms with Gasteiger partial charge in [-0.25, -0.2) is 4.98 Å². The minimum absolute atomic E-state index is 0.0778. The molecule has 6 heteroatoms. The number of carbonyl (C=O) groups excluding carboxylic acids is 1. The average Bonchev–Trinajstić information content (AvgIpc) is 2.42. The van der Waals surface area contributed by atoms with Crippen molar-refractivity contribution in [2.45, 2.75) is 33.7 Å². The van der Waals surface area contributed by atoms with Crippen molar-refractivity contribution in [1.29, 1.82) is 0 Å². The molecule has 0 aliphatic carbocycles. The lowest BCUT2D eigenvalue weighted by Crippen LogP contribution is -2.41. The van der Waals surface area contributed by atoms with Gasteiger partial charge in [-0.2, -0.15) is 4.98 Å². The van der Waals surface area contributed by atoms with E-state index in [-0.39, 0.29) is 11.9 Å². The molecule has 0 aliphatic heterocycles. The molecule has 19 heavy (non-hydrogen) atoms. The largest absolute Gasteiger partial charge is 0.358 e. The van der Waals surface area contributed by atoms with Gasteiger partial charge in [0.15, 0.2) is 0 Å². The zero-order valence-electron chi connectivity index (χ0n) is 12.3. The Bertz CT molecular complexity index is 431. The van der Waals surface area contributed by atoms with Gasteiger partial charge in [0.2, 0.25) is 11.9 Å². The van der Waals surface area contributed by atoms with E-state index in [1.165, 1.54) is 0 Å². The van der Waals surface area contributed by atoms with Gasteiger partial charge in [0, 0.05) is 31.9 Å². The number of aromatic nitrogens is 2. The Morgan fingerprint density at radius 2 is 2.05 bits per heavy atom. The fourth-order valence-electron chi connectivity index (χ4n) is 1.78. The number of rotatable bonds is 6. The molecule has 2 N–H and O–H groups in total. The third-order valence-electron chi connectivity index (χ3n) is 2.99. The highest BCUT2D eigenvalue weighted by molar-refractivity contribution is 5.84. The second kappa shape index (κ2) is 6.92. The van der Waals surface area contributed by atoms with Crippen molar-refractivity contribution in [3.8, 4) is 0 Å². The van der Waals surface area contributed by atoms with Crippen molar-refractivity contribution >= 4 is 17.7 Å². The molecule has 0 saturated heterocycles. The molecule has 1 unspecified atom stereocenters. The van der Waals surface area contributed by atoms with E-state index in [1.807, 2.05) is 27.7 Å². The first-order valence-corrected chi connectivity index (χ1v) is 6.60. The zero-order chi connectivity index (χ0) is 14.4. The minimum atomic E-state index is -0.307. The van der Waals surface area contributed by atoms with Gasteiger partial charge in [0.05, 0.1) is 0 Å². The molecule has 1 atom stereocenters. The maximum Gasteiger partial charge on any atom is 0.244 e. The molecule has 6 nitrogen and oxygen atoms in total. The van der Waals surface area contributed by atoms with Crippen LogP contribution in [0.1, 0.15) is 26.3 Å². The Morgan fingerprint density at radius 1 is 1.42 bits per heavy atom. The number of nitrogens with one attached hydrogen (secondary N) is 2. The van der Waals surface area contributed by atoms with E-state index >= 15 is 0 Å². The monoisotopic (exact) mass is 265 g/mol. The highest BCUT2D eigenvalue weighted by Gasteiger charge is 2.19. The molecule has 1 aromatic heterocycles. The molecular weight excluding hydrogens is 242 g/mol. The Labute approximate surface area is 114 Å². The van der Waals surface area contributed by atoms with Crippen LogP contribution in [0.25, 0.3) is 0 Å². The summed E-state index contributed by atoms with van der Waals surface area (Å²) >= 11 is 0. The van der Waals surface area contributed by atoms with Crippen LogP contribution in [-0.4, -0.2) is 47.0 Å². The fraction of sp³-hybridized carbons (Fsp3) is 0.615. The summed E-state index contributed by atoms with van der Waals surface area (Å²) in [4.78, 5) is 22.4. The summed E-state index contributed by atoms with van der Waals surface area (Å²) < 4.78 is 0. The number of likely N-dealkylation sites (N-methyl/N-ethyl adjacent to an activating group) is 1. The Morgan fingerprint density at radius 3 is 2.58 bits per heavy atom. The van der Waals surface area contributed by atoms with Crippen molar-refractivity contribution in [1.82, 2.24) is 14.9 Å². The van der Waals surface area contributed by atoms with E-state index in [0.29, 0.717) is 24.9 Å². The molecule has 0 fully saturated rings. The molecule has 0 bridgehead atoms. The van der Waals surface area contributed by atoms with Crippen LogP contribution in [0.15, 0.2) is 6.20 Å². The Balaban J connectivity index is 2.81. The second-order valence-electron chi connectivity index (χ2n) is 4.35. The predicted molar refractivity (Wildman–Crippen MR) is 77.3 cm³/mol. The normalized spacial score (nSPS) is 11.8. The quantitative estimate of drug-likeness (QED) is 0.815. The third kappa shape index (κ3) is 3.81. The maximum absolute atomic E-state index is 12.2. The van der Waals surface area contributed by atoms with Crippen molar-refractivity contribution in [2.75, 3.05) is 30.8 Å². The molecular formula is C13H23N5O. The van der Waals surface area contributed by atoms with Gasteiger partial charge in [0.25, 0.3) is 0 Å². The van der Waals surface area contributed by atoms with Gasteiger partial charge in [-0.15, -0.1) is 0 Å². The molecule has 0 aliphatic rings. The maximum atomic E-state index is 12.2. The summed E-state index contributed by atoms with van der Waals surface area (Å²) in [6.45, 7) is 9.14. The predicted octanol–water partition coefficient (Wildman–Crippen LogP) is 1.50. The number of hydrogen-bond donors (Lipinski definition) is 2. The summed E-state index contributed by atoms with van der Waals surface area (Å²) in [5.74, 6) is 1.30. The van der Waals surface area contributed by atoms with Gasteiger partial charge in [0.1, 0.15) is 11.9 Å². The Kier molecular flexibility index (Phi) is 5.54. The van der Waals surface area contributed by atoms with Crippen LogP contribution in [0.2, 0.25) is 0 Å². The number of carbonyl (C=O) groups is 1. The number of aryl methyl sites for hydroxylation is 1. The number of amides is 1. The zero-order valence-corrected chi connectivity index (χ0v) is 12.3. The van der Waals surface area contributed by atoms with Crippen LogP contribution in [0.4, 0.5) is 11.8 Å². The van der Waals surface area contributed by atoms with E-state index in [0.717, 1.165) is 5.56 Å². The summed E-state index contributed by atoms with van der Waals surface area (Å²) in [5.41, 5.74) is 0.915. The van der Waals surface area contributed by atoms with E-state index < -0.39 is 0 Å². The molecule has 0 radical (unpaired) electrons. The highest BCUT2D eigenvalue weighted by atomic mass is 16.2. The summed E-state index contributed by atoms with van der Waals surface area (Å²) in [5, 5.41) is 6.04. The van der Waals surface area contributed by atoms with Crippen molar-refractivity contribution < 1.29 is 4.79 Å². The summed E-state index contributed by atoms with van der Waals surface area (Å²) in [7, 11) is 1.76. The molecule has 1 heterocycles. The molecule has 1 aromatic rings. The van der Waals surface area contributed by atoms with Gasteiger partial charge in [-0.1, -0.05) is 0 Å². The molecule has 1 amide bonds. The smallest absolute Gasteiger partial charge is 0.244 e. The highest BCUT2D eigenvalue weighted by Crippen LogP contribution is 2.14. The van der Waals surface area contributed by atoms with Crippen molar-refractivity contribution in [3.05, 3.63) is 11.8 Å². The van der Waals surface area contributed by atoms with E-state index in [1.54, 1.807) is 18.1 Å². The van der Waals surface area contributed by atoms with E-state index in [2.05, 4.69) is 20.6 Å². The van der Waals surface area contributed by atoms with Gasteiger partial charge in [-0.3, -0.25) is 4.79 Å². The number of anilines is 2. The summed E-state index contributed by atoms with van der Waals surface area (Å²) in [6, 6.07) is -0.307. The Hall–Kier alpha value is -1.85. The van der Waals surface area contributed by atoms with Crippen molar-refractivity contribution in [3.63, 3.8) is 0 Å². The van der Waals surface area contributed by atoms with Crippen LogP contribution < -0.4 is 10.6 Å². The lowest BCUT2D eigenvalue weighted by Gasteiger charge is -2.24. The van der Waals surface area contributed by atoms with Crippen LogP contribution in [0.5, 0.6) is 0 Å². The first-order valence-electron chi connectivity index (χ1n) is 6.60. The lowest BCUT2D eigenvalue weighted by molar-refractivity contribution is -0.131. The van der Waals surface area contributed by atoms with Gasteiger partial charge < -0.3 is 15.5 Å². The molecule has 1 rings (SSSR count). The van der Waals surface area contributed by atoms with E-state index in [4.69, 9.17) is 0 Å². The van der Waals surface area contributed by atoms with Crippen LogP contribution >= 0.6 is 0 Å². The van der Waals surface area contributed by atoms with E-state index in [9.17, 15) is 4.79 Å². The first-order chi connectivity index (χ1) is 9.03. The standard InChI is InChI=1S/C13H23N5O/c1-6-18(7-2)12(19)10(4)16-11-9(3)8-15-13(14-5)17-11/h8,10H,6-7H2,1-5H3,(H2,14,15,16,17). The van der Waals surface area contributed by atoms with Crippen LogP contribution in [0.3, 0.4) is 0 Å². The third-order valence-corrected chi connectivity index (χ3v) is 2.99.